The molecular weight excluding hydrogens is 418 g/mol. The smallest absolute Gasteiger partial charge is 0.303 e. The number of carbonyl (C=O) groups excluding carboxylic acids is 1. The fourth-order valence-corrected chi connectivity index (χ4v) is 4.51. The predicted molar refractivity (Wildman–Crippen MR) is 127 cm³/mol. The summed E-state index contributed by atoms with van der Waals surface area (Å²) in [5, 5.41) is 8.75. The number of carboxylic acids is 1. The number of nitrogens with zero attached hydrogens (tertiary/aromatic N) is 1. The molecule has 1 aliphatic rings. The number of furan rings is 1. The SMILES string of the molecule is [2H]C(C)(C)N(Cc1ccccc1OCCCCCC(=O)O)C(=O)C1CCC(c2ccco2)CC1. The quantitative estimate of drug-likeness (QED) is 0.395. The topological polar surface area (TPSA) is 80.0 Å². The summed E-state index contributed by atoms with van der Waals surface area (Å²) in [5.74, 6) is 1.24. The minimum atomic E-state index is -1.06. The molecule has 0 bridgehead atoms. The molecule has 3 rings (SSSR count). The molecule has 1 N–H and O–H groups in total. The van der Waals surface area contributed by atoms with Crippen molar-refractivity contribution < 1.29 is 25.2 Å². The Labute approximate surface area is 198 Å². The predicted octanol–water partition coefficient (Wildman–Crippen LogP) is 6.01. The molecule has 0 radical (unpaired) electrons. The van der Waals surface area contributed by atoms with E-state index in [4.69, 9.17) is 15.6 Å². The molecule has 1 aromatic carbocycles. The van der Waals surface area contributed by atoms with E-state index >= 15 is 0 Å². The Morgan fingerprint density at radius 2 is 1.88 bits per heavy atom. The minimum absolute atomic E-state index is 0.0290. The lowest BCUT2D eigenvalue weighted by Gasteiger charge is -2.34. The Bertz CT molecular complexity index is 913. The molecule has 1 heterocycles. The van der Waals surface area contributed by atoms with Crippen molar-refractivity contribution in [3.05, 3.63) is 54.0 Å². The van der Waals surface area contributed by atoms with Crippen molar-refractivity contribution in [2.75, 3.05) is 6.61 Å². The van der Waals surface area contributed by atoms with Crippen LogP contribution in [0.5, 0.6) is 5.75 Å². The molecule has 6 nitrogen and oxygen atoms in total. The Kier molecular flexibility index (Phi) is 8.84. The summed E-state index contributed by atoms with van der Waals surface area (Å²) in [6, 6.07) is 10.5. The van der Waals surface area contributed by atoms with Crippen LogP contribution < -0.4 is 4.74 Å². The van der Waals surface area contributed by atoms with Crippen LogP contribution in [-0.4, -0.2) is 34.5 Å². The Morgan fingerprint density at radius 1 is 1.12 bits per heavy atom. The Balaban J connectivity index is 1.60. The number of aliphatic carboxylic acids is 1. The average molecular weight is 457 g/mol. The van der Waals surface area contributed by atoms with Crippen LogP contribution in [-0.2, 0) is 16.1 Å². The second-order valence-electron chi connectivity index (χ2n) is 9.10. The van der Waals surface area contributed by atoms with Crippen molar-refractivity contribution in [1.29, 1.82) is 0 Å². The monoisotopic (exact) mass is 456 g/mol. The highest BCUT2D eigenvalue weighted by molar-refractivity contribution is 5.79. The largest absolute Gasteiger partial charge is 0.493 e. The zero-order valence-corrected chi connectivity index (χ0v) is 19.8. The van der Waals surface area contributed by atoms with Crippen LogP contribution in [0, 0.1) is 5.92 Å². The van der Waals surface area contributed by atoms with E-state index in [2.05, 4.69) is 0 Å². The molecule has 180 valence electrons. The van der Waals surface area contributed by atoms with Gasteiger partial charge >= 0.3 is 5.97 Å². The number of rotatable bonds is 12. The zero-order chi connectivity index (χ0) is 24.6. The van der Waals surface area contributed by atoms with Gasteiger partial charge in [0.05, 0.1) is 14.2 Å². The third-order valence-corrected chi connectivity index (χ3v) is 6.42. The summed E-state index contributed by atoms with van der Waals surface area (Å²) in [5.41, 5.74) is 0.881. The molecule has 6 heteroatoms. The number of amides is 1. The highest BCUT2D eigenvalue weighted by atomic mass is 16.5. The molecule has 0 unspecified atom stereocenters. The van der Waals surface area contributed by atoms with Crippen LogP contribution in [0.1, 0.15) is 83.8 Å². The van der Waals surface area contributed by atoms with Gasteiger partial charge in [-0.3, -0.25) is 9.59 Å². The van der Waals surface area contributed by atoms with Gasteiger partial charge in [-0.25, -0.2) is 0 Å². The molecule has 1 amide bonds. The van der Waals surface area contributed by atoms with Crippen molar-refractivity contribution in [2.45, 2.75) is 83.7 Å². The lowest BCUT2D eigenvalue weighted by Crippen LogP contribution is -2.41. The molecule has 0 saturated heterocycles. The number of ether oxygens (including phenoxy) is 1. The number of unbranched alkanes of at least 4 members (excludes halogenated alkanes) is 2. The van der Waals surface area contributed by atoms with Gasteiger partial charge in [0, 0.05) is 36.4 Å². The van der Waals surface area contributed by atoms with Gasteiger partial charge in [0.15, 0.2) is 0 Å². The third kappa shape index (κ3) is 7.37. The second-order valence-corrected chi connectivity index (χ2v) is 9.10. The van der Waals surface area contributed by atoms with E-state index in [0.29, 0.717) is 31.2 Å². The highest BCUT2D eigenvalue weighted by Gasteiger charge is 2.32. The molecule has 0 aliphatic heterocycles. The van der Waals surface area contributed by atoms with Gasteiger partial charge in [-0.05, 0) is 77.0 Å². The lowest BCUT2D eigenvalue weighted by molar-refractivity contribution is -0.139. The average Bonchev–Trinajstić information content (AvgIpc) is 3.34. The summed E-state index contributed by atoms with van der Waals surface area (Å²) >= 11 is 0. The summed E-state index contributed by atoms with van der Waals surface area (Å²) in [6.07, 6.45) is 7.50. The fraction of sp³-hybridized carbons (Fsp3) is 0.556. The van der Waals surface area contributed by atoms with Crippen LogP contribution >= 0.6 is 0 Å². The third-order valence-electron chi connectivity index (χ3n) is 6.42. The maximum absolute atomic E-state index is 13.5. The van der Waals surface area contributed by atoms with Crippen molar-refractivity contribution in [3.8, 4) is 5.75 Å². The van der Waals surface area contributed by atoms with E-state index in [-0.39, 0.29) is 18.2 Å². The van der Waals surface area contributed by atoms with Crippen LogP contribution in [0.25, 0.3) is 0 Å². The molecular formula is C27H37NO5. The number of benzene rings is 1. The number of hydrogen-bond acceptors (Lipinski definition) is 4. The van der Waals surface area contributed by atoms with E-state index in [1.165, 1.54) is 0 Å². The van der Waals surface area contributed by atoms with Crippen molar-refractivity contribution in [3.63, 3.8) is 0 Å². The van der Waals surface area contributed by atoms with Gasteiger partial charge in [-0.2, -0.15) is 0 Å². The maximum atomic E-state index is 13.5. The van der Waals surface area contributed by atoms with Gasteiger partial charge < -0.3 is 19.2 Å². The summed E-state index contributed by atoms with van der Waals surface area (Å²) in [4.78, 5) is 25.8. The van der Waals surface area contributed by atoms with Crippen LogP contribution in [0.2, 0.25) is 0 Å². The normalized spacial score (nSPS) is 19.0. The molecule has 2 aromatic rings. The Morgan fingerprint density at radius 3 is 2.55 bits per heavy atom. The maximum Gasteiger partial charge on any atom is 0.303 e. The van der Waals surface area contributed by atoms with E-state index in [0.717, 1.165) is 49.8 Å². The van der Waals surface area contributed by atoms with E-state index < -0.39 is 12.0 Å². The van der Waals surface area contributed by atoms with Gasteiger partial charge in [-0.15, -0.1) is 0 Å². The van der Waals surface area contributed by atoms with Gasteiger partial charge in [-0.1, -0.05) is 18.2 Å². The number of carboxylic acid groups (broad SMARTS) is 1. The molecule has 1 aromatic heterocycles. The molecule has 1 fully saturated rings. The first-order valence-electron chi connectivity index (χ1n) is 12.5. The molecule has 1 saturated carbocycles. The molecule has 0 atom stereocenters. The highest BCUT2D eigenvalue weighted by Crippen LogP contribution is 2.37. The first kappa shape index (κ1) is 23.4. The van der Waals surface area contributed by atoms with E-state index in [1.54, 1.807) is 25.0 Å². The Hall–Kier alpha value is -2.76. The number of carbonyl (C=O) groups is 2. The van der Waals surface area contributed by atoms with Crippen LogP contribution in [0.4, 0.5) is 0 Å². The molecule has 1 aliphatic carbocycles. The van der Waals surface area contributed by atoms with Crippen LogP contribution in [0.3, 0.4) is 0 Å². The summed E-state index contributed by atoms with van der Waals surface area (Å²) in [7, 11) is 0. The summed E-state index contributed by atoms with van der Waals surface area (Å²) in [6.45, 7) is 4.32. The van der Waals surface area contributed by atoms with Gasteiger partial charge in [0.25, 0.3) is 0 Å². The first-order chi connectivity index (χ1) is 16.3. The van der Waals surface area contributed by atoms with Gasteiger partial charge in [0.1, 0.15) is 11.5 Å². The van der Waals surface area contributed by atoms with Gasteiger partial charge in [0.2, 0.25) is 5.91 Å². The molecule has 33 heavy (non-hydrogen) atoms. The van der Waals surface area contributed by atoms with Crippen molar-refractivity contribution in [2.24, 2.45) is 5.92 Å². The standard InChI is InChI=1S/C27H37NO5/c1-20(2)28(27(31)22-15-13-21(14-16-22)24-11-8-18-33-24)19-23-9-5-6-10-25(23)32-17-7-3-4-12-26(29)30/h5-6,8-11,18,20-22H,3-4,7,12-17,19H2,1-2H3,(H,29,30)/i20D. The molecule has 0 spiro atoms. The lowest BCUT2D eigenvalue weighted by atomic mass is 9.80. The van der Waals surface area contributed by atoms with E-state index in [9.17, 15) is 9.59 Å². The number of para-hydroxylation sites is 1. The zero-order valence-electron chi connectivity index (χ0n) is 20.8. The first-order valence-corrected chi connectivity index (χ1v) is 12.0. The van der Waals surface area contributed by atoms with E-state index in [1.807, 2.05) is 36.4 Å². The minimum Gasteiger partial charge on any atom is -0.493 e. The van der Waals surface area contributed by atoms with Crippen LogP contribution in [0.15, 0.2) is 47.1 Å². The van der Waals surface area contributed by atoms with Crippen molar-refractivity contribution >= 4 is 11.9 Å². The van der Waals surface area contributed by atoms with Crippen molar-refractivity contribution in [1.82, 2.24) is 4.90 Å². The number of hydrogen-bond donors (Lipinski definition) is 1. The second kappa shape index (κ2) is 12.5. The fourth-order valence-electron chi connectivity index (χ4n) is 4.51. The summed E-state index contributed by atoms with van der Waals surface area (Å²) < 4.78 is 20.2.